The average Bonchev–Trinajstić information content (AvgIpc) is 2.19. The second-order valence-electron chi connectivity index (χ2n) is 3.23. The van der Waals surface area contributed by atoms with Crippen molar-refractivity contribution in [3.8, 4) is 5.75 Å². The fourth-order valence-corrected chi connectivity index (χ4v) is 1.87. The zero-order valence-electron chi connectivity index (χ0n) is 8.64. The second kappa shape index (κ2) is 5.38. The average molecular weight is 247 g/mol. The fourth-order valence-electron chi connectivity index (χ4n) is 1.31. The van der Waals surface area contributed by atoms with Gasteiger partial charge in [-0.1, -0.05) is 0 Å². The molecule has 0 unspecified atom stereocenters. The van der Waals surface area contributed by atoms with Gasteiger partial charge in [0.1, 0.15) is 5.75 Å². The van der Waals surface area contributed by atoms with Crippen molar-refractivity contribution in [3.63, 3.8) is 0 Å². The molecule has 1 aromatic carbocycles. The summed E-state index contributed by atoms with van der Waals surface area (Å²) >= 11 is 11.6. The highest BCUT2D eigenvalue weighted by Crippen LogP contribution is 2.25. The standard InChI is InChI=1S/C11H12Cl2O2/c1-7-9(5-12)3-11(15-8(2)14)4-10(7)6-13/h3-4H,5-6H2,1-2H3. The third kappa shape index (κ3) is 3.11. The van der Waals surface area contributed by atoms with Crippen LogP contribution in [-0.2, 0) is 16.6 Å². The van der Waals surface area contributed by atoms with Gasteiger partial charge < -0.3 is 4.74 Å². The van der Waals surface area contributed by atoms with E-state index in [1.54, 1.807) is 12.1 Å². The molecule has 0 aromatic heterocycles. The van der Waals surface area contributed by atoms with Crippen LogP contribution < -0.4 is 4.74 Å². The van der Waals surface area contributed by atoms with E-state index in [9.17, 15) is 4.79 Å². The number of esters is 1. The molecule has 15 heavy (non-hydrogen) atoms. The third-order valence-electron chi connectivity index (χ3n) is 2.15. The van der Waals surface area contributed by atoms with Crippen molar-refractivity contribution in [2.75, 3.05) is 0 Å². The smallest absolute Gasteiger partial charge is 0.308 e. The number of ether oxygens (including phenoxy) is 1. The van der Waals surface area contributed by atoms with Crippen molar-refractivity contribution < 1.29 is 9.53 Å². The summed E-state index contributed by atoms with van der Waals surface area (Å²) in [5, 5.41) is 0. The van der Waals surface area contributed by atoms with Crippen LogP contribution in [0.25, 0.3) is 0 Å². The molecule has 0 saturated carbocycles. The van der Waals surface area contributed by atoms with Gasteiger partial charge in [-0.25, -0.2) is 0 Å². The van der Waals surface area contributed by atoms with E-state index in [1.165, 1.54) is 6.92 Å². The first-order chi connectivity index (χ1) is 7.08. The van der Waals surface area contributed by atoms with Gasteiger partial charge in [-0.15, -0.1) is 23.2 Å². The summed E-state index contributed by atoms with van der Waals surface area (Å²) in [5.74, 6) is 0.912. The molecule has 82 valence electrons. The van der Waals surface area contributed by atoms with Crippen molar-refractivity contribution >= 4 is 29.2 Å². The minimum Gasteiger partial charge on any atom is -0.427 e. The molecule has 0 fully saturated rings. The van der Waals surface area contributed by atoms with Gasteiger partial charge in [0.2, 0.25) is 0 Å². The maximum atomic E-state index is 10.8. The zero-order chi connectivity index (χ0) is 11.4. The number of hydrogen-bond donors (Lipinski definition) is 0. The Labute approximate surface area is 99.1 Å². The van der Waals surface area contributed by atoms with Crippen molar-refractivity contribution in [1.29, 1.82) is 0 Å². The predicted molar refractivity (Wildman–Crippen MR) is 61.6 cm³/mol. The van der Waals surface area contributed by atoms with E-state index in [0.717, 1.165) is 16.7 Å². The molecule has 0 aliphatic carbocycles. The topological polar surface area (TPSA) is 26.3 Å². The lowest BCUT2D eigenvalue weighted by atomic mass is 10.0. The molecule has 0 saturated heterocycles. The first-order valence-corrected chi connectivity index (χ1v) is 5.58. The molecular weight excluding hydrogens is 235 g/mol. The lowest BCUT2D eigenvalue weighted by molar-refractivity contribution is -0.131. The van der Waals surface area contributed by atoms with Gasteiger partial charge in [-0.2, -0.15) is 0 Å². The minimum absolute atomic E-state index is 0.347. The van der Waals surface area contributed by atoms with Crippen molar-refractivity contribution in [3.05, 3.63) is 28.8 Å². The van der Waals surface area contributed by atoms with E-state index < -0.39 is 0 Å². The van der Waals surface area contributed by atoms with Crippen LogP contribution in [-0.4, -0.2) is 5.97 Å². The number of halogens is 2. The van der Waals surface area contributed by atoms with Crippen LogP contribution in [0.4, 0.5) is 0 Å². The molecule has 1 aromatic rings. The van der Waals surface area contributed by atoms with Crippen LogP contribution >= 0.6 is 23.2 Å². The van der Waals surface area contributed by atoms with E-state index in [-0.39, 0.29) is 5.97 Å². The number of hydrogen-bond acceptors (Lipinski definition) is 2. The Balaban J connectivity index is 3.14. The molecule has 0 atom stereocenters. The van der Waals surface area contributed by atoms with Crippen molar-refractivity contribution in [1.82, 2.24) is 0 Å². The molecular formula is C11H12Cl2O2. The Morgan fingerprint density at radius 3 is 2.07 bits per heavy atom. The van der Waals surface area contributed by atoms with Gasteiger partial charge in [0.05, 0.1) is 0 Å². The molecule has 2 nitrogen and oxygen atoms in total. The number of carbonyl (C=O) groups is 1. The Morgan fingerprint density at radius 1 is 1.27 bits per heavy atom. The minimum atomic E-state index is -0.347. The quantitative estimate of drug-likeness (QED) is 0.465. The van der Waals surface area contributed by atoms with Crippen LogP contribution in [0, 0.1) is 6.92 Å². The van der Waals surface area contributed by atoms with E-state index in [0.29, 0.717) is 17.5 Å². The van der Waals surface area contributed by atoms with Crippen molar-refractivity contribution in [2.45, 2.75) is 25.6 Å². The molecule has 0 radical (unpaired) electrons. The van der Waals surface area contributed by atoms with Gasteiger partial charge in [0.25, 0.3) is 0 Å². The summed E-state index contributed by atoms with van der Waals surface area (Å²) < 4.78 is 5.00. The lowest BCUT2D eigenvalue weighted by Gasteiger charge is -2.10. The molecule has 1 rings (SSSR count). The van der Waals surface area contributed by atoms with Gasteiger partial charge in [0, 0.05) is 18.7 Å². The number of rotatable bonds is 3. The SMILES string of the molecule is CC(=O)Oc1cc(CCl)c(C)c(CCl)c1. The monoisotopic (exact) mass is 246 g/mol. The summed E-state index contributed by atoms with van der Waals surface area (Å²) in [6, 6.07) is 3.53. The normalized spacial score (nSPS) is 10.1. The summed E-state index contributed by atoms with van der Waals surface area (Å²) in [5.41, 5.74) is 2.92. The first-order valence-electron chi connectivity index (χ1n) is 4.51. The maximum Gasteiger partial charge on any atom is 0.308 e. The molecule has 0 heterocycles. The molecule has 0 spiro atoms. The molecule has 0 aliphatic rings. The van der Waals surface area contributed by atoms with Crippen LogP contribution in [0.2, 0.25) is 0 Å². The number of benzene rings is 1. The largest absolute Gasteiger partial charge is 0.427 e. The number of alkyl halides is 2. The molecule has 0 amide bonds. The van der Waals surface area contributed by atoms with Gasteiger partial charge in [0.15, 0.2) is 0 Å². The van der Waals surface area contributed by atoms with E-state index >= 15 is 0 Å². The highest BCUT2D eigenvalue weighted by molar-refractivity contribution is 6.18. The molecule has 0 bridgehead atoms. The second-order valence-corrected chi connectivity index (χ2v) is 3.76. The summed E-state index contributed by atoms with van der Waals surface area (Å²) in [6.45, 7) is 3.31. The summed E-state index contributed by atoms with van der Waals surface area (Å²) in [7, 11) is 0. The Bertz CT molecular complexity index is 350. The molecule has 0 N–H and O–H groups in total. The van der Waals surface area contributed by atoms with Crippen LogP contribution in [0.3, 0.4) is 0 Å². The van der Waals surface area contributed by atoms with E-state index in [4.69, 9.17) is 27.9 Å². The highest BCUT2D eigenvalue weighted by Gasteiger charge is 2.08. The van der Waals surface area contributed by atoms with E-state index in [2.05, 4.69) is 0 Å². The Hall–Kier alpha value is -0.730. The zero-order valence-corrected chi connectivity index (χ0v) is 10.2. The third-order valence-corrected chi connectivity index (χ3v) is 2.72. The molecule has 0 aliphatic heterocycles. The first kappa shape index (κ1) is 12.3. The Morgan fingerprint density at radius 2 is 1.73 bits per heavy atom. The van der Waals surface area contributed by atoms with Gasteiger partial charge in [-0.3, -0.25) is 4.79 Å². The predicted octanol–water partition coefficient (Wildman–Crippen LogP) is 3.40. The summed E-state index contributed by atoms with van der Waals surface area (Å²) in [6.07, 6.45) is 0. The van der Waals surface area contributed by atoms with Gasteiger partial charge >= 0.3 is 5.97 Å². The maximum absolute atomic E-state index is 10.8. The lowest BCUT2D eigenvalue weighted by Crippen LogP contribution is -2.03. The summed E-state index contributed by atoms with van der Waals surface area (Å²) in [4.78, 5) is 10.8. The van der Waals surface area contributed by atoms with E-state index in [1.807, 2.05) is 6.92 Å². The van der Waals surface area contributed by atoms with Gasteiger partial charge in [-0.05, 0) is 35.7 Å². The van der Waals surface area contributed by atoms with Crippen LogP contribution in [0.5, 0.6) is 5.75 Å². The molecule has 4 heteroatoms. The van der Waals surface area contributed by atoms with Crippen molar-refractivity contribution in [2.24, 2.45) is 0 Å². The highest BCUT2D eigenvalue weighted by atomic mass is 35.5. The Kier molecular flexibility index (Phi) is 4.43. The number of carbonyl (C=O) groups excluding carboxylic acids is 1. The van der Waals surface area contributed by atoms with Crippen LogP contribution in [0.1, 0.15) is 23.6 Å². The fraction of sp³-hybridized carbons (Fsp3) is 0.364. The van der Waals surface area contributed by atoms with Crippen LogP contribution in [0.15, 0.2) is 12.1 Å².